The van der Waals surface area contributed by atoms with Crippen LogP contribution in [0.1, 0.15) is 20.8 Å². The van der Waals surface area contributed by atoms with E-state index in [-0.39, 0.29) is 5.41 Å². The van der Waals surface area contributed by atoms with Crippen molar-refractivity contribution >= 4 is 0 Å². The van der Waals surface area contributed by atoms with Crippen molar-refractivity contribution in [3.63, 3.8) is 0 Å². The zero-order chi connectivity index (χ0) is 8.20. The number of hydrogen-bond donors (Lipinski definition) is 1. The van der Waals surface area contributed by atoms with Gasteiger partial charge in [0.25, 0.3) is 0 Å². The van der Waals surface area contributed by atoms with Gasteiger partial charge in [0, 0.05) is 5.41 Å². The maximum absolute atomic E-state index is 9.25. The fourth-order valence-electron chi connectivity index (χ4n) is 0.409. The van der Waals surface area contributed by atoms with Crippen molar-refractivity contribution in [3.8, 4) is 0 Å². The lowest BCUT2D eigenvalue weighted by Gasteiger charge is -2.24. The molecule has 0 rings (SSSR count). The normalized spacial score (nSPS) is 14.8. The molecule has 0 aliphatic heterocycles. The number of rotatable bonds is 3. The molecule has 10 heavy (non-hydrogen) atoms. The number of hydrogen-bond acceptors (Lipinski definition) is 2. The summed E-state index contributed by atoms with van der Waals surface area (Å²) in [5.41, 5.74) is -0.205. The highest BCUT2D eigenvalue weighted by atomic mass is 16.6. The van der Waals surface area contributed by atoms with Crippen LogP contribution < -0.4 is 0 Å². The largest absolute Gasteiger partial charge is 0.367 e. The van der Waals surface area contributed by atoms with Crippen LogP contribution in [0.15, 0.2) is 12.7 Å². The van der Waals surface area contributed by atoms with E-state index in [4.69, 9.17) is 4.74 Å². The number of aliphatic hydroxyl groups is 1. The van der Waals surface area contributed by atoms with Crippen LogP contribution in [0, 0.1) is 5.41 Å². The Kier molecular flexibility index (Phi) is 3.61. The fourth-order valence-corrected chi connectivity index (χ4v) is 0.409. The summed E-state index contributed by atoms with van der Waals surface area (Å²) in [6.07, 6.45) is 0.917. The third-order valence-corrected chi connectivity index (χ3v) is 1.11. The highest BCUT2D eigenvalue weighted by Crippen LogP contribution is 2.19. The summed E-state index contributed by atoms with van der Waals surface area (Å²) in [6, 6.07) is 0. The van der Waals surface area contributed by atoms with Crippen molar-refractivity contribution in [2.75, 3.05) is 6.61 Å². The third-order valence-electron chi connectivity index (χ3n) is 1.11. The van der Waals surface area contributed by atoms with E-state index in [2.05, 4.69) is 6.58 Å². The van der Waals surface area contributed by atoms with E-state index in [9.17, 15) is 5.11 Å². The van der Waals surface area contributed by atoms with Gasteiger partial charge in [0.05, 0.1) is 6.61 Å². The van der Waals surface area contributed by atoms with E-state index < -0.39 is 6.29 Å². The van der Waals surface area contributed by atoms with Gasteiger partial charge in [-0.1, -0.05) is 26.8 Å². The van der Waals surface area contributed by atoms with Crippen LogP contribution in [0.2, 0.25) is 0 Å². The molecular formula is C8H16O2. The van der Waals surface area contributed by atoms with Crippen LogP contribution in [0.4, 0.5) is 0 Å². The van der Waals surface area contributed by atoms with Crippen LogP contribution in [-0.2, 0) is 4.74 Å². The Labute approximate surface area is 62.5 Å². The molecule has 0 heterocycles. The standard InChI is InChI=1S/C8H16O2/c1-5-6-10-7(9)8(2,3)4/h5,7,9H,1,6H2,2-4H3. The molecule has 2 nitrogen and oxygen atoms in total. The molecule has 1 atom stereocenters. The highest BCUT2D eigenvalue weighted by Gasteiger charge is 2.21. The first-order valence-corrected chi connectivity index (χ1v) is 3.39. The summed E-state index contributed by atoms with van der Waals surface area (Å²) < 4.78 is 4.99. The molecule has 0 aliphatic rings. The first-order chi connectivity index (χ1) is 4.48. The Morgan fingerprint density at radius 2 is 2.10 bits per heavy atom. The zero-order valence-electron chi connectivity index (χ0n) is 6.92. The minimum absolute atomic E-state index is 0.205. The van der Waals surface area contributed by atoms with Crippen LogP contribution in [0.5, 0.6) is 0 Å². The van der Waals surface area contributed by atoms with Crippen molar-refractivity contribution in [1.82, 2.24) is 0 Å². The van der Waals surface area contributed by atoms with Gasteiger partial charge in [-0.25, -0.2) is 0 Å². The van der Waals surface area contributed by atoms with Gasteiger partial charge in [-0.2, -0.15) is 0 Å². The van der Waals surface area contributed by atoms with E-state index >= 15 is 0 Å². The molecule has 0 saturated carbocycles. The Morgan fingerprint density at radius 1 is 1.60 bits per heavy atom. The average molecular weight is 144 g/mol. The summed E-state index contributed by atoms with van der Waals surface area (Å²) in [4.78, 5) is 0. The summed E-state index contributed by atoms with van der Waals surface area (Å²) in [5.74, 6) is 0. The van der Waals surface area contributed by atoms with E-state index in [1.807, 2.05) is 20.8 Å². The first-order valence-electron chi connectivity index (χ1n) is 3.39. The van der Waals surface area contributed by atoms with E-state index in [1.54, 1.807) is 6.08 Å². The second kappa shape index (κ2) is 3.74. The zero-order valence-corrected chi connectivity index (χ0v) is 6.92. The van der Waals surface area contributed by atoms with Crippen molar-refractivity contribution in [3.05, 3.63) is 12.7 Å². The van der Waals surface area contributed by atoms with E-state index in [1.165, 1.54) is 0 Å². The van der Waals surface area contributed by atoms with Gasteiger partial charge in [0.1, 0.15) is 0 Å². The molecule has 0 amide bonds. The van der Waals surface area contributed by atoms with Gasteiger partial charge in [-0.3, -0.25) is 0 Å². The first kappa shape index (κ1) is 9.66. The molecule has 0 aromatic rings. The fraction of sp³-hybridized carbons (Fsp3) is 0.750. The van der Waals surface area contributed by atoms with Crippen molar-refractivity contribution < 1.29 is 9.84 Å². The lowest BCUT2D eigenvalue weighted by molar-refractivity contribution is -0.151. The number of aliphatic hydroxyl groups excluding tert-OH is 1. The molecular weight excluding hydrogens is 128 g/mol. The van der Waals surface area contributed by atoms with E-state index in [0.29, 0.717) is 6.61 Å². The van der Waals surface area contributed by atoms with Crippen molar-refractivity contribution in [1.29, 1.82) is 0 Å². The van der Waals surface area contributed by atoms with Gasteiger partial charge >= 0.3 is 0 Å². The molecule has 0 saturated heterocycles. The Balaban J connectivity index is 3.61. The van der Waals surface area contributed by atoms with Gasteiger partial charge < -0.3 is 9.84 Å². The second-order valence-electron chi connectivity index (χ2n) is 3.34. The van der Waals surface area contributed by atoms with E-state index in [0.717, 1.165) is 0 Å². The topological polar surface area (TPSA) is 29.5 Å². The quantitative estimate of drug-likeness (QED) is 0.481. The summed E-state index contributed by atoms with van der Waals surface area (Å²) in [5, 5.41) is 9.25. The minimum Gasteiger partial charge on any atom is -0.367 e. The minimum atomic E-state index is -0.703. The van der Waals surface area contributed by atoms with Crippen LogP contribution in [0.25, 0.3) is 0 Å². The Bertz CT molecular complexity index is 102. The van der Waals surface area contributed by atoms with Crippen LogP contribution in [0.3, 0.4) is 0 Å². The van der Waals surface area contributed by atoms with Crippen molar-refractivity contribution in [2.45, 2.75) is 27.1 Å². The lowest BCUT2D eigenvalue weighted by Crippen LogP contribution is -2.28. The molecule has 0 aromatic carbocycles. The molecule has 60 valence electrons. The summed E-state index contributed by atoms with van der Waals surface area (Å²) in [6.45, 7) is 9.63. The van der Waals surface area contributed by atoms with Crippen LogP contribution in [-0.4, -0.2) is 18.0 Å². The average Bonchev–Trinajstić information content (AvgIpc) is 1.80. The third kappa shape index (κ3) is 3.64. The smallest absolute Gasteiger partial charge is 0.159 e. The molecule has 0 bridgehead atoms. The summed E-state index contributed by atoms with van der Waals surface area (Å²) in [7, 11) is 0. The second-order valence-corrected chi connectivity index (χ2v) is 3.34. The monoisotopic (exact) mass is 144 g/mol. The molecule has 0 aliphatic carbocycles. The molecule has 0 radical (unpaired) electrons. The Morgan fingerprint density at radius 3 is 2.40 bits per heavy atom. The van der Waals surface area contributed by atoms with Gasteiger partial charge in [-0.05, 0) is 0 Å². The van der Waals surface area contributed by atoms with Crippen molar-refractivity contribution in [2.24, 2.45) is 5.41 Å². The predicted octanol–water partition coefficient (Wildman–Crippen LogP) is 1.55. The molecule has 2 heteroatoms. The summed E-state index contributed by atoms with van der Waals surface area (Å²) >= 11 is 0. The SMILES string of the molecule is C=CCOC(O)C(C)(C)C. The Hall–Kier alpha value is -0.340. The highest BCUT2D eigenvalue weighted by molar-refractivity contribution is 4.69. The van der Waals surface area contributed by atoms with Crippen LogP contribution >= 0.6 is 0 Å². The maximum Gasteiger partial charge on any atom is 0.159 e. The van der Waals surface area contributed by atoms with Gasteiger partial charge in [0.15, 0.2) is 6.29 Å². The molecule has 0 spiro atoms. The molecule has 0 fully saturated rings. The molecule has 0 aromatic heterocycles. The van der Waals surface area contributed by atoms with Gasteiger partial charge in [-0.15, -0.1) is 6.58 Å². The molecule has 1 unspecified atom stereocenters. The lowest BCUT2D eigenvalue weighted by atomic mass is 9.96. The molecule has 1 N–H and O–H groups in total. The predicted molar refractivity (Wildman–Crippen MR) is 41.6 cm³/mol. The maximum atomic E-state index is 9.25. The number of ether oxygens (including phenoxy) is 1. The van der Waals surface area contributed by atoms with Gasteiger partial charge in [0.2, 0.25) is 0 Å².